The summed E-state index contributed by atoms with van der Waals surface area (Å²) in [6, 6.07) is 3.64. The molecule has 2 atom stereocenters. The summed E-state index contributed by atoms with van der Waals surface area (Å²) < 4.78 is 0. The molecule has 0 aliphatic heterocycles. The highest BCUT2D eigenvalue weighted by Crippen LogP contribution is 2.49. The van der Waals surface area contributed by atoms with Gasteiger partial charge in [-0.2, -0.15) is 15.4 Å². The van der Waals surface area contributed by atoms with Gasteiger partial charge >= 0.3 is 0 Å². The molecule has 1 aliphatic carbocycles. The zero-order chi connectivity index (χ0) is 16.1. The second kappa shape index (κ2) is 4.93. The number of hydrogen-bond donors (Lipinski definition) is 2. The first-order valence-corrected chi connectivity index (χ1v) is 7.71. The van der Waals surface area contributed by atoms with Crippen molar-refractivity contribution >= 4 is 22.6 Å². The van der Waals surface area contributed by atoms with Crippen LogP contribution < -0.4 is 0 Å². The standard InChI is InChI=1S/C17H20ClN3O/c1-10-7-8-17(22,16(2,3)4)11(9-10)14-12(18)5-6-13-15(14)20-21-19-13/h5-9,11,22H,1-4H3,(H,19,20,21). The summed E-state index contributed by atoms with van der Waals surface area (Å²) in [6.07, 6.45) is 5.89. The first kappa shape index (κ1) is 15.3. The summed E-state index contributed by atoms with van der Waals surface area (Å²) in [4.78, 5) is 0. The van der Waals surface area contributed by atoms with Crippen LogP contribution in [-0.2, 0) is 0 Å². The van der Waals surface area contributed by atoms with Gasteiger partial charge in [-0.15, -0.1) is 0 Å². The van der Waals surface area contributed by atoms with Gasteiger partial charge in [-0.25, -0.2) is 0 Å². The van der Waals surface area contributed by atoms with Crippen molar-refractivity contribution in [3.05, 3.63) is 46.5 Å². The molecule has 1 heterocycles. The molecule has 0 amide bonds. The number of allylic oxidation sites excluding steroid dienone is 2. The number of aliphatic hydroxyl groups is 1. The molecular weight excluding hydrogens is 298 g/mol. The Morgan fingerprint density at radius 2 is 2.00 bits per heavy atom. The molecule has 2 unspecified atom stereocenters. The first-order chi connectivity index (χ1) is 10.2. The maximum absolute atomic E-state index is 11.4. The summed E-state index contributed by atoms with van der Waals surface area (Å²) in [5, 5.41) is 23.0. The fourth-order valence-electron chi connectivity index (χ4n) is 3.03. The van der Waals surface area contributed by atoms with E-state index in [2.05, 4.69) is 21.5 Å². The average Bonchev–Trinajstić information content (AvgIpc) is 2.89. The molecular formula is C17H20ClN3O. The van der Waals surface area contributed by atoms with Crippen molar-refractivity contribution in [2.75, 3.05) is 0 Å². The number of aromatic nitrogens is 3. The van der Waals surface area contributed by atoms with E-state index in [0.29, 0.717) is 10.5 Å². The molecule has 2 aromatic rings. The van der Waals surface area contributed by atoms with Gasteiger partial charge in [0.1, 0.15) is 11.0 Å². The minimum Gasteiger partial charge on any atom is -0.384 e. The number of H-pyrrole nitrogens is 1. The Morgan fingerprint density at radius 3 is 2.68 bits per heavy atom. The number of aromatic amines is 1. The van der Waals surface area contributed by atoms with Gasteiger partial charge in [-0.3, -0.25) is 0 Å². The van der Waals surface area contributed by atoms with Crippen LogP contribution >= 0.6 is 11.6 Å². The number of rotatable bonds is 1. The molecule has 1 aromatic carbocycles. The molecule has 5 heteroatoms. The Hall–Kier alpha value is -1.65. The molecule has 0 spiro atoms. The fourth-order valence-corrected chi connectivity index (χ4v) is 3.30. The molecule has 1 aromatic heterocycles. The second-order valence-electron chi connectivity index (χ2n) is 6.95. The van der Waals surface area contributed by atoms with Gasteiger partial charge in [0.15, 0.2) is 0 Å². The summed E-state index contributed by atoms with van der Waals surface area (Å²) in [7, 11) is 0. The van der Waals surface area contributed by atoms with Crippen molar-refractivity contribution in [2.45, 2.75) is 39.2 Å². The van der Waals surface area contributed by atoms with Crippen molar-refractivity contribution in [3.63, 3.8) is 0 Å². The fraction of sp³-hybridized carbons (Fsp3) is 0.412. The largest absolute Gasteiger partial charge is 0.384 e. The van der Waals surface area contributed by atoms with Gasteiger partial charge in [0.25, 0.3) is 0 Å². The Balaban J connectivity index is 2.29. The summed E-state index contributed by atoms with van der Waals surface area (Å²) >= 11 is 6.47. The highest BCUT2D eigenvalue weighted by molar-refractivity contribution is 6.32. The van der Waals surface area contributed by atoms with Crippen LogP contribution in [0.4, 0.5) is 0 Å². The number of fused-ring (bicyclic) bond motifs is 1. The van der Waals surface area contributed by atoms with Crippen LogP contribution in [0.1, 0.15) is 39.2 Å². The highest BCUT2D eigenvalue weighted by atomic mass is 35.5. The normalized spacial score (nSPS) is 25.5. The Kier molecular flexibility index (Phi) is 3.42. The van der Waals surface area contributed by atoms with E-state index >= 15 is 0 Å². The smallest absolute Gasteiger partial charge is 0.118 e. The number of halogens is 1. The molecule has 4 nitrogen and oxygen atoms in total. The minimum absolute atomic E-state index is 0.279. The van der Waals surface area contributed by atoms with Crippen LogP contribution in [0.25, 0.3) is 11.0 Å². The molecule has 3 rings (SSSR count). The van der Waals surface area contributed by atoms with Gasteiger partial charge in [-0.05, 0) is 24.5 Å². The van der Waals surface area contributed by atoms with Crippen molar-refractivity contribution < 1.29 is 5.11 Å². The maximum atomic E-state index is 11.4. The second-order valence-corrected chi connectivity index (χ2v) is 7.36. The molecule has 2 N–H and O–H groups in total. The number of benzene rings is 1. The van der Waals surface area contributed by atoms with Gasteiger partial charge in [0.05, 0.1) is 5.60 Å². The molecule has 0 radical (unpaired) electrons. The number of nitrogens with zero attached hydrogens (tertiary/aromatic N) is 2. The SMILES string of the molecule is CC1=CC(c2c(Cl)ccc3n[nH]nc23)C(O)(C(C)(C)C)C=C1. The quantitative estimate of drug-likeness (QED) is 0.836. The van der Waals surface area contributed by atoms with E-state index in [4.69, 9.17) is 11.6 Å². The minimum atomic E-state index is -1.05. The molecule has 0 bridgehead atoms. The Labute approximate surface area is 134 Å². The number of nitrogens with one attached hydrogen (secondary N) is 1. The lowest BCUT2D eigenvalue weighted by Gasteiger charge is -2.45. The Morgan fingerprint density at radius 1 is 1.27 bits per heavy atom. The molecule has 22 heavy (non-hydrogen) atoms. The average molecular weight is 318 g/mol. The predicted molar refractivity (Wildman–Crippen MR) is 88.9 cm³/mol. The third kappa shape index (κ3) is 2.18. The van der Waals surface area contributed by atoms with E-state index in [1.165, 1.54) is 0 Å². The van der Waals surface area contributed by atoms with E-state index < -0.39 is 5.60 Å². The van der Waals surface area contributed by atoms with Crippen LogP contribution in [0.15, 0.2) is 35.9 Å². The lowest BCUT2D eigenvalue weighted by Crippen LogP contribution is -2.47. The zero-order valence-corrected chi connectivity index (χ0v) is 13.9. The van der Waals surface area contributed by atoms with E-state index in [-0.39, 0.29) is 11.3 Å². The maximum Gasteiger partial charge on any atom is 0.118 e. The molecule has 1 aliphatic rings. The van der Waals surface area contributed by atoms with Crippen molar-refractivity contribution in [1.29, 1.82) is 0 Å². The van der Waals surface area contributed by atoms with Crippen LogP contribution in [0, 0.1) is 5.41 Å². The molecule has 116 valence electrons. The van der Waals surface area contributed by atoms with Gasteiger partial charge < -0.3 is 5.11 Å². The molecule has 0 fully saturated rings. The van der Waals surface area contributed by atoms with E-state index in [0.717, 1.165) is 16.7 Å². The lowest BCUT2D eigenvalue weighted by molar-refractivity contribution is -0.0268. The zero-order valence-electron chi connectivity index (χ0n) is 13.2. The third-order valence-electron chi connectivity index (χ3n) is 4.49. The summed E-state index contributed by atoms with van der Waals surface area (Å²) in [5.41, 5.74) is 1.95. The van der Waals surface area contributed by atoms with Crippen molar-refractivity contribution in [3.8, 4) is 0 Å². The monoisotopic (exact) mass is 317 g/mol. The predicted octanol–water partition coefficient (Wildman–Crippen LogP) is 3.99. The van der Waals surface area contributed by atoms with E-state index in [1.54, 1.807) is 0 Å². The van der Waals surface area contributed by atoms with Crippen LogP contribution in [0.2, 0.25) is 5.02 Å². The third-order valence-corrected chi connectivity index (χ3v) is 4.82. The van der Waals surface area contributed by atoms with Crippen LogP contribution in [0.3, 0.4) is 0 Å². The van der Waals surface area contributed by atoms with Crippen LogP contribution in [-0.4, -0.2) is 26.1 Å². The van der Waals surface area contributed by atoms with Gasteiger partial charge in [0, 0.05) is 16.5 Å². The van der Waals surface area contributed by atoms with E-state index in [1.807, 2.05) is 52.0 Å². The lowest BCUT2D eigenvalue weighted by atomic mass is 9.64. The Bertz CT molecular complexity index is 785. The summed E-state index contributed by atoms with van der Waals surface area (Å²) in [6.45, 7) is 8.09. The first-order valence-electron chi connectivity index (χ1n) is 7.33. The van der Waals surface area contributed by atoms with E-state index in [9.17, 15) is 5.11 Å². The highest BCUT2D eigenvalue weighted by Gasteiger charge is 2.47. The topological polar surface area (TPSA) is 61.8 Å². The van der Waals surface area contributed by atoms with Gasteiger partial charge in [0.2, 0.25) is 0 Å². The molecule has 0 saturated carbocycles. The molecule has 0 saturated heterocycles. The number of hydrogen-bond acceptors (Lipinski definition) is 3. The summed E-state index contributed by atoms with van der Waals surface area (Å²) in [5.74, 6) is -0.279. The van der Waals surface area contributed by atoms with Crippen molar-refractivity contribution in [2.24, 2.45) is 5.41 Å². The van der Waals surface area contributed by atoms with Crippen molar-refractivity contribution in [1.82, 2.24) is 15.4 Å². The van der Waals surface area contributed by atoms with Crippen LogP contribution in [0.5, 0.6) is 0 Å². The van der Waals surface area contributed by atoms with Gasteiger partial charge in [-0.1, -0.05) is 56.2 Å².